The minimum absolute atomic E-state index is 0.267. The zero-order valence-corrected chi connectivity index (χ0v) is 7.78. The molecule has 14 heavy (non-hydrogen) atoms. The number of aryl methyl sites for hydroxylation is 1. The van der Waals surface area contributed by atoms with Gasteiger partial charge in [-0.05, 0) is 6.42 Å². The van der Waals surface area contributed by atoms with Crippen LogP contribution in [0.15, 0.2) is 0 Å². The van der Waals surface area contributed by atoms with E-state index in [0.717, 1.165) is 17.5 Å². The first-order valence-electron chi connectivity index (χ1n) is 4.37. The van der Waals surface area contributed by atoms with Crippen LogP contribution in [0.2, 0.25) is 0 Å². The van der Waals surface area contributed by atoms with E-state index in [1.807, 2.05) is 6.92 Å². The zero-order valence-electron chi connectivity index (χ0n) is 7.78. The molecule has 0 unspecified atom stereocenters. The molecule has 0 aliphatic heterocycles. The largest absolute Gasteiger partial charge is 0.296 e. The Morgan fingerprint density at radius 3 is 2.79 bits per heavy atom. The number of rotatable bonds is 5. The van der Waals surface area contributed by atoms with E-state index in [1.165, 1.54) is 0 Å². The number of carbonyl (C=O) groups is 1. The molecule has 1 aromatic heterocycles. The summed E-state index contributed by atoms with van der Waals surface area (Å²) in [4.78, 5) is 10.4. The maximum atomic E-state index is 12.5. The summed E-state index contributed by atoms with van der Waals surface area (Å²) in [7, 11) is 0. The SMILES string of the molecule is CCCCn1nnc(C=O)c1C(F)F. The molecule has 0 radical (unpaired) electrons. The van der Waals surface area contributed by atoms with E-state index >= 15 is 0 Å². The van der Waals surface area contributed by atoms with E-state index in [1.54, 1.807) is 0 Å². The summed E-state index contributed by atoms with van der Waals surface area (Å²) in [6, 6.07) is 0. The van der Waals surface area contributed by atoms with Gasteiger partial charge in [0.15, 0.2) is 12.0 Å². The summed E-state index contributed by atoms with van der Waals surface area (Å²) in [5, 5.41) is 6.87. The van der Waals surface area contributed by atoms with Gasteiger partial charge in [0.05, 0.1) is 0 Å². The predicted octanol–water partition coefficient (Wildman–Crippen LogP) is 1.83. The third-order valence-electron chi connectivity index (χ3n) is 1.84. The standard InChI is InChI=1S/C8H11F2N3O/c1-2-3-4-13-7(8(9)10)6(5-14)11-12-13/h5,8H,2-4H2,1H3. The molecule has 0 spiro atoms. The van der Waals surface area contributed by atoms with Crippen molar-refractivity contribution < 1.29 is 13.6 Å². The highest BCUT2D eigenvalue weighted by atomic mass is 19.3. The highest BCUT2D eigenvalue weighted by Gasteiger charge is 2.20. The van der Waals surface area contributed by atoms with Gasteiger partial charge in [-0.15, -0.1) is 5.10 Å². The Bertz CT molecular complexity index is 312. The number of alkyl halides is 2. The maximum Gasteiger partial charge on any atom is 0.282 e. The van der Waals surface area contributed by atoms with Gasteiger partial charge in [-0.25, -0.2) is 13.5 Å². The van der Waals surface area contributed by atoms with Crippen molar-refractivity contribution in [2.75, 3.05) is 0 Å². The summed E-state index contributed by atoms with van der Waals surface area (Å²) >= 11 is 0. The number of aldehydes is 1. The summed E-state index contributed by atoms with van der Waals surface area (Å²) in [5.41, 5.74) is -0.649. The molecule has 78 valence electrons. The Hall–Kier alpha value is -1.33. The molecule has 0 aliphatic rings. The Morgan fingerprint density at radius 2 is 2.29 bits per heavy atom. The van der Waals surface area contributed by atoms with Crippen LogP contribution in [0.1, 0.15) is 42.4 Å². The molecule has 0 aliphatic carbocycles. The number of carbonyl (C=O) groups excluding carboxylic acids is 1. The second-order valence-electron chi connectivity index (χ2n) is 2.86. The summed E-state index contributed by atoms with van der Waals surface area (Å²) < 4.78 is 26.0. The number of hydrogen-bond donors (Lipinski definition) is 0. The van der Waals surface area contributed by atoms with Crippen molar-refractivity contribution in [3.05, 3.63) is 11.4 Å². The number of unbranched alkanes of at least 4 members (excludes halogenated alkanes) is 1. The van der Waals surface area contributed by atoms with Crippen LogP contribution in [0.4, 0.5) is 8.78 Å². The van der Waals surface area contributed by atoms with E-state index in [9.17, 15) is 13.6 Å². The molecule has 0 aromatic carbocycles. The zero-order chi connectivity index (χ0) is 10.6. The van der Waals surface area contributed by atoms with Crippen molar-refractivity contribution >= 4 is 6.29 Å². The van der Waals surface area contributed by atoms with Crippen LogP contribution in [-0.4, -0.2) is 21.3 Å². The van der Waals surface area contributed by atoms with E-state index in [-0.39, 0.29) is 11.4 Å². The van der Waals surface area contributed by atoms with Gasteiger partial charge in [0.25, 0.3) is 6.43 Å². The lowest BCUT2D eigenvalue weighted by molar-refractivity contribution is 0.109. The molecule has 0 N–H and O–H groups in total. The first-order chi connectivity index (χ1) is 6.70. The number of aromatic nitrogens is 3. The number of halogens is 2. The van der Waals surface area contributed by atoms with Gasteiger partial charge in [-0.3, -0.25) is 4.79 Å². The number of hydrogen-bond acceptors (Lipinski definition) is 3. The lowest BCUT2D eigenvalue weighted by Crippen LogP contribution is -2.06. The summed E-state index contributed by atoms with van der Waals surface area (Å²) in [6.45, 7) is 2.32. The number of nitrogens with zero attached hydrogens (tertiary/aromatic N) is 3. The van der Waals surface area contributed by atoms with Crippen molar-refractivity contribution in [3.8, 4) is 0 Å². The molecule has 1 aromatic rings. The van der Waals surface area contributed by atoms with Crippen LogP contribution in [-0.2, 0) is 6.54 Å². The second kappa shape index (κ2) is 4.78. The molecule has 0 bridgehead atoms. The summed E-state index contributed by atoms with van der Waals surface area (Å²) in [5.74, 6) is 0. The van der Waals surface area contributed by atoms with Gasteiger partial charge < -0.3 is 0 Å². The van der Waals surface area contributed by atoms with Crippen molar-refractivity contribution in [2.24, 2.45) is 0 Å². The molecular formula is C8H11F2N3O. The molecule has 4 nitrogen and oxygen atoms in total. The molecule has 0 atom stereocenters. The minimum Gasteiger partial charge on any atom is -0.296 e. The Labute approximate surface area is 79.9 Å². The minimum atomic E-state index is -2.71. The topological polar surface area (TPSA) is 47.8 Å². The lowest BCUT2D eigenvalue weighted by atomic mass is 10.3. The van der Waals surface area contributed by atoms with E-state index in [2.05, 4.69) is 10.3 Å². The smallest absolute Gasteiger partial charge is 0.282 e. The van der Waals surface area contributed by atoms with Crippen LogP contribution in [0.25, 0.3) is 0 Å². The third-order valence-corrected chi connectivity index (χ3v) is 1.84. The quantitative estimate of drug-likeness (QED) is 0.686. The van der Waals surface area contributed by atoms with E-state index < -0.39 is 6.43 Å². The molecule has 1 rings (SSSR count). The first-order valence-corrected chi connectivity index (χ1v) is 4.37. The molecular weight excluding hydrogens is 192 g/mol. The van der Waals surface area contributed by atoms with Crippen LogP contribution >= 0.6 is 0 Å². The third kappa shape index (κ3) is 2.12. The predicted molar refractivity (Wildman–Crippen MR) is 45.3 cm³/mol. The summed E-state index contributed by atoms with van der Waals surface area (Å²) in [6.07, 6.45) is -0.792. The fraction of sp³-hybridized carbons (Fsp3) is 0.625. The van der Waals surface area contributed by atoms with Crippen molar-refractivity contribution in [3.63, 3.8) is 0 Å². The lowest BCUT2D eigenvalue weighted by Gasteiger charge is -2.03. The second-order valence-corrected chi connectivity index (χ2v) is 2.86. The van der Waals surface area contributed by atoms with Crippen molar-refractivity contribution in [2.45, 2.75) is 32.7 Å². The Kier molecular flexibility index (Phi) is 3.67. The molecule has 6 heteroatoms. The molecule has 0 fully saturated rings. The normalized spacial score (nSPS) is 10.9. The average Bonchev–Trinajstić information content (AvgIpc) is 2.57. The fourth-order valence-corrected chi connectivity index (χ4v) is 1.12. The van der Waals surface area contributed by atoms with Crippen LogP contribution in [0, 0.1) is 0 Å². The van der Waals surface area contributed by atoms with Gasteiger partial charge in [-0.2, -0.15) is 0 Å². The van der Waals surface area contributed by atoms with Crippen molar-refractivity contribution in [1.82, 2.24) is 15.0 Å². The van der Waals surface area contributed by atoms with Gasteiger partial charge in [0.2, 0.25) is 0 Å². The van der Waals surface area contributed by atoms with E-state index in [4.69, 9.17) is 0 Å². The van der Waals surface area contributed by atoms with Gasteiger partial charge in [0.1, 0.15) is 5.69 Å². The highest BCUT2D eigenvalue weighted by Crippen LogP contribution is 2.20. The maximum absolute atomic E-state index is 12.5. The van der Waals surface area contributed by atoms with Gasteiger partial charge in [0, 0.05) is 6.54 Å². The first kappa shape index (κ1) is 10.7. The molecule has 0 saturated carbocycles. The Balaban J connectivity index is 2.92. The molecule has 1 heterocycles. The van der Waals surface area contributed by atoms with Crippen LogP contribution < -0.4 is 0 Å². The molecule has 0 amide bonds. The Morgan fingerprint density at radius 1 is 1.57 bits per heavy atom. The van der Waals surface area contributed by atoms with Crippen LogP contribution in [0.5, 0.6) is 0 Å². The van der Waals surface area contributed by atoms with E-state index in [0.29, 0.717) is 12.8 Å². The molecule has 0 saturated heterocycles. The fourth-order valence-electron chi connectivity index (χ4n) is 1.12. The highest BCUT2D eigenvalue weighted by molar-refractivity contribution is 5.73. The van der Waals surface area contributed by atoms with Gasteiger partial charge in [-0.1, -0.05) is 18.6 Å². The monoisotopic (exact) mass is 203 g/mol. The average molecular weight is 203 g/mol. The van der Waals surface area contributed by atoms with Crippen molar-refractivity contribution in [1.29, 1.82) is 0 Å². The van der Waals surface area contributed by atoms with Crippen LogP contribution in [0.3, 0.4) is 0 Å². The van der Waals surface area contributed by atoms with Gasteiger partial charge >= 0.3 is 0 Å².